The van der Waals surface area contributed by atoms with Crippen LogP contribution in [0.25, 0.3) is 0 Å². The number of carbonyl (C=O) groups excluding carboxylic acids is 1. The minimum atomic E-state index is -0.135. The molecule has 122 valence electrons. The molecule has 23 heavy (non-hydrogen) atoms. The van der Waals surface area contributed by atoms with Gasteiger partial charge in [0.15, 0.2) is 5.82 Å². The van der Waals surface area contributed by atoms with E-state index in [4.69, 9.17) is 4.74 Å². The van der Waals surface area contributed by atoms with E-state index in [1.807, 2.05) is 26.0 Å². The van der Waals surface area contributed by atoms with Crippen molar-refractivity contribution in [1.82, 2.24) is 10.2 Å². The van der Waals surface area contributed by atoms with Crippen molar-refractivity contribution in [3.8, 4) is 5.75 Å². The lowest BCUT2D eigenvalue weighted by atomic mass is 10.0. The van der Waals surface area contributed by atoms with Crippen molar-refractivity contribution >= 4 is 23.5 Å². The standard InChI is InChI=1S/C17H21N3O2S/c1-4-9-22-13-7-5-12(6-8-13)15-14-10(2)19-20-16(14)18-17(21)11(3)23-15/h5-8,11,15H,4,9H2,1-3H3,(H2,18,19,20,21)/t11-,15-/m1/s1. The lowest BCUT2D eigenvalue weighted by molar-refractivity contribution is -0.115. The van der Waals surface area contributed by atoms with E-state index in [1.165, 1.54) is 0 Å². The summed E-state index contributed by atoms with van der Waals surface area (Å²) in [7, 11) is 0. The van der Waals surface area contributed by atoms with E-state index < -0.39 is 0 Å². The third-order valence-corrected chi connectivity index (χ3v) is 5.27. The van der Waals surface area contributed by atoms with Crippen molar-refractivity contribution in [2.75, 3.05) is 11.9 Å². The van der Waals surface area contributed by atoms with Gasteiger partial charge in [0.05, 0.1) is 17.1 Å². The van der Waals surface area contributed by atoms with Crippen LogP contribution in [0.2, 0.25) is 0 Å². The van der Waals surface area contributed by atoms with Crippen molar-refractivity contribution in [2.45, 2.75) is 37.7 Å². The molecule has 1 aliphatic heterocycles. The first-order chi connectivity index (χ1) is 11.1. The summed E-state index contributed by atoms with van der Waals surface area (Å²) in [5, 5.41) is 10.1. The van der Waals surface area contributed by atoms with Gasteiger partial charge in [0.1, 0.15) is 5.75 Å². The lowest BCUT2D eigenvalue weighted by Crippen LogP contribution is -2.21. The number of rotatable bonds is 4. The minimum Gasteiger partial charge on any atom is -0.494 e. The molecule has 2 aromatic rings. The van der Waals surface area contributed by atoms with Gasteiger partial charge in [-0.05, 0) is 38.0 Å². The maximum Gasteiger partial charge on any atom is 0.238 e. The zero-order valence-electron chi connectivity index (χ0n) is 13.6. The Morgan fingerprint density at radius 3 is 2.74 bits per heavy atom. The summed E-state index contributed by atoms with van der Waals surface area (Å²) < 4.78 is 5.65. The molecule has 1 amide bonds. The number of aromatic amines is 1. The van der Waals surface area contributed by atoms with Crippen LogP contribution in [0, 0.1) is 6.92 Å². The second-order valence-electron chi connectivity index (χ2n) is 5.68. The van der Waals surface area contributed by atoms with Gasteiger partial charge >= 0.3 is 0 Å². The predicted molar refractivity (Wildman–Crippen MR) is 93.1 cm³/mol. The fourth-order valence-electron chi connectivity index (χ4n) is 2.61. The highest BCUT2D eigenvalue weighted by atomic mass is 32.2. The summed E-state index contributed by atoms with van der Waals surface area (Å²) in [6.45, 7) is 6.72. The summed E-state index contributed by atoms with van der Waals surface area (Å²) in [4.78, 5) is 12.1. The maximum absolute atomic E-state index is 12.1. The molecule has 0 bridgehead atoms. The van der Waals surface area contributed by atoms with Crippen molar-refractivity contribution < 1.29 is 9.53 Å². The van der Waals surface area contributed by atoms with Gasteiger partial charge in [-0.15, -0.1) is 11.8 Å². The Balaban J connectivity index is 1.94. The monoisotopic (exact) mass is 331 g/mol. The topological polar surface area (TPSA) is 67.0 Å². The van der Waals surface area contributed by atoms with Gasteiger partial charge in [-0.2, -0.15) is 5.10 Å². The van der Waals surface area contributed by atoms with E-state index >= 15 is 0 Å². The zero-order valence-corrected chi connectivity index (χ0v) is 14.4. The Kier molecular flexibility index (Phi) is 4.61. The quantitative estimate of drug-likeness (QED) is 0.897. The highest BCUT2D eigenvalue weighted by Gasteiger charge is 2.32. The molecule has 0 aliphatic carbocycles. The van der Waals surface area contributed by atoms with E-state index in [9.17, 15) is 4.79 Å². The van der Waals surface area contributed by atoms with E-state index in [-0.39, 0.29) is 16.4 Å². The molecule has 2 N–H and O–H groups in total. The summed E-state index contributed by atoms with van der Waals surface area (Å²) >= 11 is 1.64. The number of fused-ring (bicyclic) bond motifs is 1. The number of hydrogen-bond donors (Lipinski definition) is 2. The van der Waals surface area contributed by atoms with Crippen molar-refractivity contribution in [3.05, 3.63) is 41.1 Å². The molecule has 2 heterocycles. The normalized spacial score (nSPS) is 20.6. The molecule has 0 fully saturated rings. The number of H-pyrrole nitrogens is 1. The Bertz CT molecular complexity index is 696. The third-order valence-electron chi connectivity index (χ3n) is 3.86. The number of ether oxygens (including phenoxy) is 1. The van der Waals surface area contributed by atoms with Gasteiger partial charge in [-0.1, -0.05) is 19.1 Å². The second-order valence-corrected chi connectivity index (χ2v) is 7.13. The molecule has 0 spiro atoms. The summed E-state index contributed by atoms with van der Waals surface area (Å²) in [6, 6.07) is 8.12. The van der Waals surface area contributed by atoms with E-state index in [0.29, 0.717) is 5.82 Å². The largest absolute Gasteiger partial charge is 0.494 e. The third kappa shape index (κ3) is 3.22. The number of amides is 1. The van der Waals surface area contributed by atoms with Crippen molar-refractivity contribution in [1.29, 1.82) is 0 Å². The molecule has 5 nitrogen and oxygen atoms in total. The number of carbonyl (C=O) groups is 1. The number of aryl methyl sites for hydroxylation is 1. The van der Waals surface area contributed by atoms with Crippen molar-refractivity contribution in [3.63, 3.8) is 0 Å². The molecule has 0 saturated heterocycles. The SMILES string of the molecule is CCCOc1ccc([C@H]2S[C@H](C)C(=O)Nc3n[nH]c(C)c32)cc1. The average Bonchev–Trinajstić information content (AvgIpc) is 2.85. The highest BCUT2D eigenvalue weighted by Crippen LogP contribution is 2.44. The number of aromatic nitrogens is 2. The molecule has 1 aliphatic rings. The fraction of sp³-hybridized carbons (Fsp3) is 0.412. The van der Waals surface area contributed by atoms with E-state index in [2.05, 4.69) is 34.6 Å². The molecule has 1 aromatic heterocycles. The Morgan fingerprint density at radius 2 is 2.04 bits per heavy atom. The second kappa shape index (κ2) is 6.66. The lowest BCUT2D eigenvalue weighted by Gasteiger charge is -2.18. The number of benzene rings is 1. The van der Waals surface area contributed by atoms with Crippen LogP contribution in [0.15, 0.2) is 24.3 Å². The first kappa shape index (κ1) is 15.9. The molecule has 2 atom stereocenters. The number of thioether (sulfide) groups is 1. The van der Waals surface area contributed by atoms with Crippen LogP contribution in [-0.4, -0.2) is 28.0 Å². The molecule has 0 saturated carbocycles. The summed E-state index contributed by atoms with van der Waals surface area (Å²) in [5.74, 6) is 1.51. The number of hydrogen-bond acceptors (Lipinski definition) is 4. The first-order valence-corrected chi connectivity index (χ1v) is 8.78. The van der Waals surface area contributed by atoms with Crippen molar-refractivity contribution in [2.24, 2.45) is 0 Å². The van der Waals surface area contributed by atoms with Gasteiger partial charge < -0.3 is 10.1 Å². The minimum absolute atomic E-state index is 0.00634. The molecule has 0 radical (unpaired) electrons. The van der Waals surface area contributed by atoms with Gasteiger partial charge in [0.2, 0.25) is 5.91 Å². The van der Waals surface area contributed by atoms with Gasteiger partial charge in [0.25, 0.3) is 0 Å². The smallest absolute Gasteiger partial charge is 0.238 e. The summed E-state index contributed by atoms with van der Waals surface area (Å²) in [6.07, 6.45) is 0.989. The molecule has 3 rings (SSSR count). The first-order valence-electron chi connectivity index (χ1n) is 7.84. The Labute approximate surface area is 140 Å². The highest BCUT2D eigenvalue weighted by molar-refractivity contribution is 8.01. The molecule has 0 unspecified atom stereocenters. The fourth-order valence-corrected chi connectivity index (χ4v) is 3.94. The van der Waals surface area contributed by atoms with Crippen LogP contribution < -0.4 is 10.1 Å². The van der Waals surface area contributed by atoms with E-state index in [0.717, 1.165) is 35.6 Å². The average molecular weight is 331 g/mol. The van der Waals surface area contributed by atoms with E-state index in [1.54, 1.807) is 11.8 Å². The Morgan fingerprint density at radius 1 is 1.30 bits per heavy atom. The number of nitrogens with zero attached hydrogens (tertiary/aromatic N) is 1. The van der Waals surface area contributed by atoms with Crippen LogP contribution in [0.4, 0.5) is 5.82 Å². The van der Waals surface area contributed by atoms with Gasteiger partial charge in [-0.3, -0.25) is 9.89 Å². The molecule has 6 heteroatoms. The van der Waals surface area contributed by atoms with Crippen LogP contribution >= 0.6 is 11.8 Å². The zero-order chi connectivity index (χ0) is 16.4. The molecule has 1 aromatic carbocycles. The predicted octanol–water partition coefficient (Wildman–Crippen LogP) is 3.67. The number of nitrogens with one attached hydrogen (secondary N) is 2. The van der Waals surface area contributed by atoms with Crippen LogP contribution in [0.3, 0.4) is 0 Å². The summed E-state index contributed by atoms with van der Waals surface area (Å²) in [5.41, 5.74) is 3.18. The Hall–Kier alpha value is -1.95. The van der Waals surface area contributed by atoms with Crippen LogP contribution in [-0.2, 0) is 4.79 Å². The molecular weight excluding hydrogens is 310 g/mol. The maximum atomic E-state index is 12.1. The van der Waals surface area contributed by atoms with Crippen LogP contribution in [0.5, 0.6) is 5.75 Å². The van der Waals surface area contributed by atoms with Gasteiger partial charge in [0, 0.05) is 11.3 Å². The van der Waals surface area contributed by atoms with Gasteiger partial charge in [-0.25, -0.2) is 0 Å². The molecular formula is C17H21N3O2S. The number of anilines is 1. The van der Waals surface area contributed by atoms with Crippen LogP contribution in [0.1, 0.15) is 42.3 Å².